The Balaban J connectivity index is 1.77. The minimum Gasteiger partial charge on any atom is -0.323 e. The third kappa shape index (κ3) is 2.31. The predicted octanol–water partition coefficient (Wildman–Crippen LogP) is 2.80. The van der Waals surface area contributed by atoms with Gasteiger partial charge in [-0.3, -0.25) is 9.69 Å². The lowest BCUT2D eigenvalue weighted by molar-refractivity contribution is -0.133. The zero-order valence-corrected chi connectivity index (χ0v) is 12.8. The molecule has 2 fully saturated rings. The van der Waals surface area contributed by atoms with Crippen LogP contribution in [0, 0.1) is 5.92 Å². The number of nitrogens with one attached hydrogen (secondary N) is 1. The Morgan fingerprint density at radius 2 is 2.20 bits per heavy atom. The zero-order chi connectivity index (χ0) is 14.3. The number of urea groups is 1. The Morgan fingerprint density at radius 3 is 2.80 bits per heavy atom. The molecule has 20 heavy (non-hydrogen) atoms. The Kier molecular flexibility index (Phi) is 3.46. The molecular formula is C13H16ClN3O2S. The third-order valence-corrected chi connectivity index (χ3v) is 5.31. The number of imide groups is 1. The molecule has 2 aliphatic rings. The highest BCUT2D eigenvalue weighted by atomic mass is 35.5. The van der Waals surface area contributed by atoms with Crippen LogP contribution in [0.25, 0.3) is 0 Å². The largest absolute Gasteiger partial charge is 0.325 e. The SMILES string of the molecule is CC1CCC2(CC1)NC(=O)N(Cc1cnc(Cl)s1)C2=O. The average molecular weight is 314 g/mol. The highest BCUT2D eigenvalue weighted by Crippen LogP contribution is 2.37. The first-order valence-electron chi connectivity index (χ1n) is 6.74. The van der Waals surface area contributed by atoms with E-state index in [1.807, 2.05) is 0 Å². The Labute approximate surface area is 126 Å². The quantitative estimate of drug-likeness (QED) is 0.854. The number of rotatable bonds is 2. The number of hydrogen-bond donors (Lipinski definition) is 1. The lowest BCUT2D eigenvalue weighted by Crippen LogP contribution is -2.49. The summed E-state index contributed by atoms with van der Waals surface area (Å²) < 4.78 is 0.424. The third-order valence-electron chi connectivity index (χ3n) is 4.21. The summed E-state index contributed by atoms with van der Waals surface area (Å²) in [6.45, 7) is 2.44. The fourth-order valence-electron chi connectivity index (χ4n) is 2.93. The monoisotopic (exact) mass is 313 g/mol. The van der Waals surface area contributed by atoms with Crippen LogP contribution in [0.15, 0.2) is 6.20 Å². The van der Waals surface area contributed by atoms with Gasteiger partial charge < -0.3 is 5.32 Å². The molecule has 1 aromatic rings. The van der Waals surface area contributed by atoms with E-state index in [2.05, 4.69) is 17.2 Å². The van der Waals surface area contributed by atoms with Gasteiger partial charge in [0.15, 0.2) is 4.47 Å². The van der Waals surface area contributed by atoms with Crippen molar-refractivity contribution < 1.29 is 9.59 Å². The van der Waals surface area contributed by atoms with Crippen LogP contribution in [0.2, 0.25) is 4.47 Å². The number of thiazole rings is 1. The highest BCUT2D eigenvalue weighted by Gasteiger charge is 2.51. The zero-order valence-electron chi connectivity index (χ0n) is 11.2. The van der Waals surface area contributed by atoms with Gasteiger partial charge in [0, 0.05) is 11.1 Å². The normalized spacial score (nSPS) is 30.1. The topological polar surface area (TPSA) is 62.3 Å². The standard InChI is InChI=1S/C13H16ClN3O2S/c1-8-2-4-13(5-3-8)10(18)17(12(19)16-13)7-9-6-15-11(14)20-9/h6,8H,2-5,7H2,1H3,(H,16,19). The van der Waals surface area contributed by atoms with Crippen LogP contribution in [0.1, 0.15) is 37.5 Å². The van der Waals surface area contributed by atoms with Crippen molar-refractivity contribution in [3.8, 4) is 0 Å². The smallest absolute Gasteiger partial charge is 0.323 e. The second kappa shape index (κ2) is 5.00. The van der Waals surface area contributed by atoms with E-state index in [4.69, 9.17) is 11.6 Å². The number of hydrogen-bond acceptors (Lipinski definition) is 4. The molecule has 0 atom stereocenters. The van der Waals surface area contributed by atoms with Gasteiger partial charge in [-0.05, 0) is 31.6 Å². The minimum absolute atomic E-state index is 0.0982. The van der Waals surface area contributed by atoms with Crippen LogP contribution in [-0.4, -0.2) is 27.4 Å². The van der Waals surface area contributed by atoms with Crippen molar-refractivity contribution in [2.24, 2.45) is 5.92 Å². The predicted molar refractivity (Wildman–Crippen MR) is 76.6 cm³/mol. The van der Waals surface area contributed by atoms with Crippen LogP contribution in [0.3, 0.4) is 0 Å². The van der Waals surface area contributed by atoms with Gasteiger partial charge in [0.1, 0.15) is 5.54 Å². The molecule has 1 spiro atoms. The molecule has 0 unspecified atom stereocenters. The average Bonchev–Trinajstić information content (AvgIpc) is 2.92. The molecule has 1 saturated carbocycles. The van der Waals surface area contributed by atoms with Crippen molar-refractivity contribution in [3.63, 3.8) is 0 Å². The van der Waals surface area contributed by atoms with Gasteiger partial charge in [-0.2, -0.15) is 0 Å². The molecule has 0 radical (unpaired) electrons. The van der Waals surface area contributed by atoms with E-state index < -0.39 is 5.54 Å². The first kappa shape index (κ1) is 13.8. The molecule has 1 saturated heterocycles. The molecule has 2 heterocycles. The number of amides is 3. The van der Waals surface area contributed by atoms with Gasteiger partial charge in [-0.25, -0.2) is 9.78 Å². The molecule has 1 aromatic heterocycles. The molecule has 7 heteroatoms. The lowest BCUT2D eigenvalue weighted by atomic mass is 9.77. The molecule has 1 N–H and O–H groups in total. The van der Waals surface area contributed by atoms with Crippen LogP contribution in [-0.2, 0) is 11.3 Å². The summed E-state index contributed by atoms with van der Waals surface area (Å²) in [5, 5.41) is 2.91. The van der Waals surface area contributed by atoms with Crippen molar-refractivity contribution in [2.45, 2.75) is 44.7 Å². The molecule has 108 valence electrons. The van der Waals surface area contributed by atoms with Crippen molar-refractivity contribution >= 4 is 34.9 Å². The number of nitrogens with zero attached hydrogens (tertiary/aromatic N) is 2. The number of aromatic nitrogens is 1. The summed E-state index contributed by atoms with van der Waals surface area (Å²) in [4.78, 5) is 30.7. The number of carbonyl (C=O) groups is 2. The molecule has 0 bridgehead atoms. The van der Waals surface area contributed by atoms with Crippen LogP contribution in [0.4, 0.5) is 4.79 Å². The van der Waals surface area contributed by atoms with E-state index in [9.17, 15) is 9.59 Å². The van der Waals surface area contributed by atoms with Gasteiger partial charge in [-0.15, -0.1) is 11.3 Å². The fraction of sp³-hybridized carbons (Fsp3) is 0.615. The van der Waals surface area contributed by atoms with Crippen LogP contribution >= 0.6 is 22.9 Å². The minimum atomic E-state index is -0.669. The maximum atomic E-state index is 12.6. The number of carbonyl (C=O) groups excluding carboxylic acids is 2. The summed E-state index contributed by atoms with van der Waals surface area (Å²) in [6, 6.07) is -0.297. The Hall–Kier alpha value is -1.14. The summed E-state index contributed by atoms with van der Waals surface area (Å²) in [5.74, 6) is 0.526. The Morgan fingerprint density at radius 1 is 1.50 bits per heavy atom. The maximum Gasteiger partial charge on any atom is 0.325 e. The number of halogens is 1. The van der Waals surface area contributed by atoms with Gasteiger partial charge in [-0.1, -0.05) is 18.5 Å². The molecular weight excluding hydrogens is 298 g/mol. The van der Waals surface area contributed by atoms with Gasteiger partial charge >= 0.3 is 6.03 Å². The van der Waals surface area contributed by atoms with Gasteiger partial charge in [0.2, 0.25) is 0 Å². The van der Waals surface area contributed by atoms with E-state index in [1.54, 1.807) is 6.20 Å². The highest BCUT2D eigenvalue weighted by molar-refractivity contribution is 7.15. The summed E-state index contributed by atoms with van der Waals surface area (Å²) in [7, 11) is 0. The molecule has 0 aromatic carbocycles. The van der Waals surface area contributed by atoms with Crippen molar-refractivity contribution in [2.75, 3.05) is 0 Å². The van der Waals surface area contributed by atoms with Gasteiger partial charge in [0.05, 0.1) is 6.54 Å². The van der Waals surface area contributed by atoms with Gasteiger partial charge in [0.25, 0.3) is 5.91 Å². The molecule has 5 nitrogen and oxygen atoms in total. The van der Waals surface area contributed by atoms with E-state index in [1.165, 1.54) is 16.2 Å². The second-order valence-corrected chi connectivity index (χ2v) is 7.36. The molecule has 1 aliphatic heterocycles. The van der Waals surface area contributed by atoms with Crippen LogP contribution in [0.5, 0.6) is 0 Å². The van der Waals surface area contributed by atoms with Crippen molar-refractivity contribution in [3.05, 3.63) is 15.5 Å². The van der Waals surface area contributed by atoms with E-state index in [-0.39, 0.29) is 18.5 Å². The van der Waals surface area contributed by atoms with Crippen molar-refractivity contribution in [1.82, 2.24) is 15.2 Å². The van der Waals surface area contributed by atoms with E-state index >= 15 is 0 Å². The van der Waals surface area contributed by atoms with Crippen LogP contribution < -0.4 is 5.32 Å². The molecule has 1 aliphatic carbocycles. The van der Waals surface area contributed by atoms with E-state index in [0.717, 1.165) is 30.6 Å². The first-order valence-corrected chi connectivity index (χ1v) is 7.94. The summed E-state index contributed by atoms with van der Waals surface area (Å²) >= 11 is 7.07. The first-order chi connectivity index (χ1) is 9.50. The second-order valence-electron chi connectivity index (χ2n) is 5.67. The fourth-order valence-corrected chi connectivity index (χ4v) is 3.89. The lowest BCUT2D eigenvalue weighted by Gasteiger charge is -2.33. The summed E-state index contributed by atoms with van der Waals surface area (Å²) in [5.41, 5.74) is -0.669. The molecule has 3 rings (SSSR count). The molecule has 3 amide bonds. The maximum absolute atomic E-state index is 12.6. The summed E-state index contributed by atoms with van der Waals surface area (Å²) in [6.07, 6.45) is 5.04. The van der Waals surface area contributed by atoms with E-state index in [0.29, 0.717) is 10.4 Å². The van der Waals surface area contributed by atoms with Crippen molar-refractivity contribution in [1.29, 1.82) is 0 Å². The Bertz CT molecular complexity index is 552.